The van der Waals surface area contributed by atoms with Crippen molar-refractivity contribution in [2.75, 3.05) is 11.9 Å². The Labute approximate surface area is 199 Å². The Balaban J connectivity index is 1.63. The van der Waals surface area contributed by atoms with Crippen molar-refractivity contribution in [1.29, 1.82) is 0 Å². The number of hydrogen-bond donors (Lipinski definition) is 2. The second kappa shape index (κ2) is 8.40. The molecule has 0 atom stereocenters. The van der Waals surface area contributed by atoms with E-state index in [-0.39, 0.29) is 17.0 Å². The van der Waals surface area contributed by atoms with E-state index < -0.39 is 0 Å². The fourth-order valence-corrected chi connectivity index (χ4v) is 4.57. The fourth-order valence-electron chi connectivity index (χ4n) is 4.57. The van der Waals surface area contributed by atoms with Gasteiger partial charge in [-0.2, -0.15) is 4.98 Å². The van der Waals surface area contributed by atoms with Crippen molar-refractivity contribution in [2.24, 2.45) is 0 Å². The molecule has 0 aliphatic carbocycles. The molecule has 176 valence electrons. The summed E-state index contributed by atoms with van der Waals surface area (Å²) < 4.78 is 3.69. The van der Waals surface area contributed by atoms with Crippen LogP contribution in [0.2, 0.25) is 0 Å². The van der Waals surface area contributed by atoms with Gasteiger partial charge in [-0.3, -0.25) is 4.79 Å². The van der Waals surface area contributed by atoms with Gasteiger partial charge in [-0.25, -0.2) is 14.3 Å². The van der Waals surface area contributed by atoms with Gasteiger partial charge in [-0.15, -0.1) is 0 Å². The molecule has 3 heterocycles. The Morgan fingerprint density at radius 1 is 1.09 bits per heavy atom. The van der Waals surface area contributed by atoms with Gasteiger partial charge in [0, 0.05) is 24.5 Å². The molecule has 4 aromatic rings. The minimum atomic E-state index is -0.0856. The van der Waals surface area contributed by atoms with Crippen LogP contribution >= 0.6 is 0 Å². The van der Waals surface area contributed by atoms with E-state index in [0.29, 0.717) is 17.0 Å². The average Bonchev–Trinajstić information content (AvgIpc) is 3.10. The highest BCUT2D eigenvalue weighted by Crippen LogP contribution is 2.27. The standard InChI is InChI=1S/C27H32N6O/c1-17(2)32-25(34)23-16-29-26(30-21-10-9-18-11-12-28-15-19(18)13-21)31-24(23)33(32)22-8-6-7-20(14-22)27(3,4)5/h6-10,13-14,16-17,28H,11-12,15H2,1-5H3,(H,29,30,31). The Morgan fingerprint density at radius 3 is 2.68 bits per heavy atom. The van der Waals surface area contributed by atoms with Gasteiger partial charge in [0.2, 0.25) is 5.95 Å². The summed E-state index contributed by atoms with van der Waals surface area (Å²) >= 11 is 0. The Bertz CT molecular complexity index is 1420. The molecule has 0 saturated heterocycles. The van der Waals surface area contributed by atoms with E-state index in [9.17, 15) is 4.79 Å². The van der Waals surface area contributed by atoms with E-state index in [4.69, 9.17) is 4.98 Å². The zero-order chi connectivity index (χ0) is 24.0. The molecular weight excluding hydrogens is 424 g/mol. The first-order valence-corrected chi connectivity index (χ1v) is 11.9. The van der Waals surface area contributed by atoms with Gasteiger partial charge in [0.25, 0.3) is 5.56 Å². The molecule has 2 aromatic carbocycles. The summed E-state index contributed by atoms with van der Waals surface area (Å²) in [5.74, 6) is 0.470. The van der Waals surface area contributed by atoms with Gasteiger partial charge in [0.05, 0.1) is 5.69 Å². The molecular formula is C27H32N6O. The second-order valence-corrected chi connectivity index (χ2v) is 10.3. The number of benzene rings is 2. The molecule has 0 unspecified atom stereocenters. The molecule has 7 heteroatoms. The minimum Gasteiger partial charge on any atom is -0.324 e. The number of rotatable bonds is 4. The monoisotopic (exact) mass is 456 g/mol. The molecule has 5 rings (SSSR count). The summed E-state index contributed by atoms with van der Waals surface area (Å²) in [6.45, 7) is 12.5. The van der Waals surface area contributed by atoms with Crippen LogP contribution in [0.1, 0.15) is 57.4 Å². The Hall–Kier alpha value is -3.45. The summed E-state index contributed by atoms with van der Waals surface area (Å²) in [5, 5.41) is 7.27. The highest BCUT2D eigenvalue weighted by atomic mass is 16.1. The largest absolute Gasteiger partial charge is 0.324 e. The van der Waals surface area contributed by atoms with E-state index in [2.05, 4.69) is 66.7 Å². The van der Waals surface area contributed by atoms with Crippen LogP contribution in [0.15, 0.2) is 53.5 Å². The third kappa shape index (κ3) is 4.01. The number of fused-ring (bicyclic) bond motifs is 2. The second-order valence-electron chi connectivity index (χ2n) is 10.3. The normalized spacial score (nSPS) is 13.9. The maximum absolute atomic E-state index is 13.3. The van der Waals surface area contributed by atoms with Gasteiger partial charge < -0.3 is 10.6 Å². The summed E-state index contributed by atoms with van der Waals surface area (Å²) in [5.41, 5.74) is 6.22. The van der Waals surface area contributed by atoms with Gasteiger partial charge in [-0.05, 0) is 73.2 Å². The van der Waals surface area contributed by atoms with E-state index in [1.54, 1.807) is 10.9 Å². The van der Waals surface area contributed by atoms with E-state index in [1.165, 1.54) is 16.7 Å². The molecule has 2 N–H and O–H groups in total. The lowest BCUT2D eigenvalue weighted by Crippen LogP contribution is -2.24. The lowest BCUT2D eigenvalue weighted by atomic mass is 9.87. The molecule has 7 nitrogen and oxygen atoms in total. The molecule has 0 radical (unpaired) electrons. The maximum Gasteiger partial charge on any atom is 0.278 e. The van der Waals surface area contributed by atoms with Gasteiger partial charge in [0.1, 0.15) is 5.39 Å². The zero-order valence-electron chi connectivity index (χ0n) is 20.5. The summed E-state index contributed by atoms with van der Waals surface area (Å²) in [4.78, 5) is 22.6. The van der Waals surface area contributed by atoms with Gasteiger partial charge in [-0.1, -0.05) is 39.0 Å². The van der Waals surface area contributed by atoms with Crippen LogP contribution in [-0.2, 0) is 18.4 Å². The van der Waals surface area contributed by atoms with E-state index in [0.717, 1.165) is 30.9 Å². The number of aromatic nitrogens is 4. The van der Waals surface area contributed by atoms with E-state index >= 15 is 0 Å². The SMILES string of the molecule is CC(C)n1c(=O)c2cnc(Nc3ccc4c(c3)CNCC4)nc2n1-c1cccc(C(C)(C)C)c1. The molecule has 1 aliphatic rings. The number of nitrogens with zero attached hydrogens (tertiary/aromatic N) is 4. The summed E-state index contributed by atoms with van der Waals surface area (Å²) in [7, 11) is 0. The molecule has 0 saturated carbocycles. The molecule has 34 heavy (non-hydrogen) atoms. The lowest BCUT2D eigenvalue weighted by Gasteiger charge is -2.21. The van der Waals surface area contributed by atoms with Crippen molar-refractivity contribution in [3.05, 3.63) is 75.7 Å². The fraction of sp³-hybridized carbons (Fsp3) is 0.370. The van der Waals surface area contributed by atoms with Crippen molar-refractivity contribution < 1.29 is 0 Å². The van der Waals surface area contributed by atoms with Crippen LogP contribution in [0.3, 0.4) is 0 Å². The van der Waals surface area contributed by atoms with Crippen LogP contribution in [0, 0.1) is 0 Å². The molecule has 1 aliphatic heterocycles. The Kier molecular flexibility index (Phi) is 5.52. The average molecular weight is 457 g/mol. The first kappa shape index (κ1) is 22.3. The minimum absolute atomic E-state index is 0.00900. The van der Waals surface area contributed by atoms with Crippen molar-refractivity contribution in [3.63, 3.8) is 0 Å². The molecule has 0 bridgehead atoms. The van der Waals surface area contributed by atoms with Crippen molar-refractivity contribution in [1.82, 2.24) is 24.6 Å². The smallest absolute Gasteiger partial charge is 0.278 e. The Morgan fingerprint density at radius 2 is 1.91 bits per heavy atom. The number of nitrogens with one attached hydrogen (secondary N) is 2. The third-order valence-corrected chi connectivity index (χ3v) is 6.42. The number of hydrogen-bond acceptors (Lipinski definition) is 5. The topological polar surface area (TPSA) is 76.8 Å². The predicted molar refractivity (Wildman–Crippen MR) is 137 cm³/mol. The highest BCUT2D eigenvalue weighted by Gasteiger charge is 2.21. The van der Waals surface area contributed by atoms with Gasteiger partial charge in [0.15, 0.2) is 5.65 Å². The first-order chi connectivity index (χ1) is 16.2. The molecule has 0 spiro atoms. The highest BCUT2D eigenvalue weighted by molar-refractivity contribution is 5.77. The maximum atomic E-state index is 13.3. The van der Waals surface area contributed by atoms with Crippen LogP contribution < -0.4 is 16.2 Å². The van der Waals surface area contributed by atoms with Crippen LogP contribution in [0.25, 0.3) is 16.7 Å². The molecule has 0 amide bonds. The first-order valence-electron chi connectivity index (χ1n) is 11.9. The van der Waals surface area contributed by atoms with Crippen LogP contribution in [0.4, 0.5) is 11.6 Å². The quantitative estimate of drug-likeness (QED) is 0.459. The van der Waals surface area contributed by atoms with Crippen LogP contribution in [0.5, 0.6) is 0 Å². The number of anilines is 2. The summed E-state index contributed by atoms with van der Waals surface area (Å²) in [6, 6.07) is 14.7. The van der Waals surface area contributed by atoms with Crippen molar-refractivity contribution in [3.8, 4) is 5.69 Å². The van der Waals surface area contributed by atoms with Crippen molar-refractivity contribution >= 4 is 22.7 Å². The van der Waals surface area contributed by atoms with Crippen molar-refractivity contribution in [2.45, 2.75) is 59.0 Å². The predicted octanol–water partition coefficient (Wildman–Crippen LogP) is 4.85. The van der Waals surface area contributed by atoms with Crippen LogP contribution in [-0.4, -0.2) is 25.9 Å². The zero-order valence-corrected chi connectivity index (χ0v) is 20.5. The van der Waals surface area contributed by atoms with E-state index in [1.807, 2.05) is 30.7 Å². The summed E-state index contributed by atoms with van der Waals surface area (Å²) in [6.07, 6.45) is 2.68. The third-order valence-electron chi connectivity index (χ3n) is 6.42. The lowest BCUT2D eigenvalue weighted by molar-refractivity contribution is 0.475. The van der Waals surface area contributed by atoms with Gasteiger partial charge >= 0.3 is 0 Å². The molecule has 0 fully saturated rings. The molecule has 2 aromatic heterocycles.